The lowest BCUT2D eigenvalue weighted by molar-refractivity contribution is -0.148. The van der Waals surface area contributed by atoms with Gasteiger partial charge in [0.1, 0.15) is 5.60 Å². The molecular formula is C15H27NO5. The maximum Gasteiger partial charge on any atom is 0.407 e. The van der Waals surface area contributed by atoms with Gasteiger partial charge in [0.15, 0.2) is 6.10 Å². The number of carboxylic acid groups (broad SMARTS) is 1. The van der Waals surface area contributed by atoms with Crippen LogP contribution < -0.4 is 5.32 Å². The third-order valence-corrected chi connectivity index (χ3v) is 3.65. The maximum atomic E-state index is 11.8. The summed E-state index contributed by atoms with van der Waals surface area (Å²) in [5, 5.41) is 21.3. The minimum atomic E-state index is -1.61. The third kappa shape index (κ3) is 6.80. The Bertz CT molecular complexity index is 358. The maximum absolute atomic E-state index is 11.8. The Morgan fingerprint density at radius 2 is 1.81 bits per heavy atom. The van der Waals surface area contributed by atoms with Crippen LogP contribution in [0.3, 0.4) is 0 Å². The highest BCUT2D eigenvalue weighted by Gasteiger charge is 2.31. The van der Waals surface area contributed by atoms with Gasteiger partial charge in [0.05, 0.1) is 6.04 Å². The van der Waals surface area contributed by atoms with E-state index in [1.54, 1.807) is 20.8 Å². The van der Waals surface area contributed by atoms with Gasteiger partial charge in [-0.15, -0.1) is 0 Å². The molecule has 1 aliphatic rings. The zero-order valence-corrected chi connectivity index (χ0v) is 13.1. The Morgan fingerprint density at radius 3 is 2.29 bits per heavy atom. The number of amides is 1. The van der Waals surface area contributed by atoms with Gasteiger partial charge in [0.2, 0.25) is 0 Å². The van der Waals surface area contributed by atoms with E-state index in [-0.39, 0.29) is 0 Å². The van der Waals surface area contributed by atoms with Crippen molar-refractivity contribution in [1.29, 1.82) is 0 Å². The van der Waals surface area contributed by atoms with E-state index < -0.39 is 29.8 Å². The Morgan fingerprint density at radius 1 is 1.24 bits per heavy atom. The molecule has 1 saturated carbocycles. The van der Waals surface area contributed by atoms with Crippen molar-refractivity contribution in [2.75, 3.05) is 0 Å². The Kier molecular flexibility index (Phi) is 6.45. The number of alkyl carbamates (subject to hydrolysis) is 1. The number of carboxylic acids is 1. The topological polar surface area (TPSA) is 95.9 Å². The molecule has 0 bridgehead atoms. The Hall–Kier alpha value is -1.30. The summed E-state index contributed by atoms with van der Waals surface area (Å²) in [6, 6.07) is -0.819. The number of nitrogens with one attached hydrogen (secondary N) is 1. The van der Waals surface area contributed by atoms with Gasteiger partial charge in [-0.1, -0.05) is 32.1 Å². The van der Waals surface area contributed by atoms with Gasteiger partial charge in [0.25, 0.3) is 0 Å². The molecule has 21 heavy (non-hydrogen) atoms. The number of aliphatic carboxylic acids is 1. The van der Waals surface area contributed by atoms with Gasteiger partial charge in [0, 0.05) is 0 Å². The molecule has 122 valence electrons. The van der Waals surface area contributed by atoms with Crippen molar-refractivity contribution >= 4 is 12.1 Å². The monoisotopic (exact) mass is 301 g/mol. The number of ether oxygens (including phenoxy) is 1. The van der Waals surface area contributed by atoms with Gasteiger partial charge < -0.3 is 20.3 Å². The van der Waals surface area contributed by atoms with Crippen molar-refractivity contribution < 1.29 is 24.5 Å². The molecule has 0 aromatic rings. The summed E-state index contributed by atoms with van der Waals surface area (Å²) in [7, 11) is 0. The second-order valence-corrected chi connectivity index (χ2v) is 6.78. The van der Waals surface area contributed by atoms with Crippen molar-refractivity contribution in [3.05, 3.63) is 0 Å². The fourth-order valence-corrected chi connectivity index (χ4v) is 2.68. The number of rotatable bonds is 5. The minimum Gasteiger partial charge on any atom is -0.479 e. The normalized spacial score (nSPS) is 19.6. The van der Waals surface area contributed by atoms with E-state index in [1.807, 2.05) is 0 Å². The van der Waals surface area contributed by atoms with Crippen LogP contribution in [0, 0.1) is 5.92 Å². The predicted molar refractivity (Wildman–Crippen MR) is 78.0 cm³/mol. The average Bonchev–Trinajstić information content (AvgIpc) is 2.36. The number of carbonyl (C=O) groups excluding carboxylic acids is 1. The van der Waals surface area contributed by atoms with Gasteiger partial charge >= 0.3 is 12.1 Å². The van der Waals surface area contributed by atoms with Crippen LogP contribution in [0.25, 0.3) is 0 Å². The number of aliphatic hydroxyl groups is 1. The molecule has 3 N–H and O–H groups in total. The summed E-state index contributed by atoms with van der Waals surface area (Å²) in [4.78, 5) is 22.8. The molecular weight excluding hydrogens is 274 g/mol. The molecule has 0 unspecified atom stereocenters. The van der Waals surface area contributed by atoms with Crippen LogP contribution in [0.4, 0.5) is 4.79 Å². The van der Waals surface area contributed by atoms with E-state index in [0.717, 1.165) is 25.7 Å². The van der Waals surface area contributed by atoms with Crippen LogP contribution in [-0.2, 0) is 9.53 Å². The van der Waals surface area contributed by atoms with Crippen molar-refractivity contribution in [2.45, 2.75) is 77.0 Å². The molecule has 0 radical (unpaired) electrons. The van der Waals surface area contributed by atoms with E-state index in [4.69, 9.17) is 9.84 Å². The van der Waals surface area contributed by atoms with E-state index in [2.05, 4.69) is 5.32 Å². The fraction of sp³-hybridized carbons (Fsp3) is 0.867. The number of hydrogen-bond acceptors (Lipinski definition) is 4. The molecule has 1 fully saturated rings. The van der Waals surface area contributed by atoms with Crippen molar-refractivity contribution in [2.24, 2.45) is 5.92 Å². The van der Waals surface area contributed by atoms with Gasteiger partial charge in [-0.05, 0) is 33.1 Å². The summed E-state index contributed by atoms with van der Waals surface area (Å²) in [5.41, 5.74) is -0.659. The van der Waals surface area contributed by atoms with E-state index in [9.17, 15) is 14.7 Å². The second-order valence-electron chi connectivity index (χ2n) is 6.78. The largest absolute Gasteiger partial charge is 0.479 e. The first kappa shape index (κ1) is 17.8. The quantitative estimate of drug-likeness (QED) is 0.724. The molecule has 1 rings (SSSR count). The highest BCUT2D eigenvalue weighted by molar-refractivity contribution is 5.75. The summed E-state index contributed by atoms with van der Waals surface area (Å²) < 4.78 is 5.13. The standard InChI is InChI=1S/C15H27NO5/c1-15(2,3)21-14(20)16-11(12(17)13(18)19)9-10-7-5-4-6-8-10/h10-12,17H,4-9H2,1-3H3,(H,16,20)(H,18,19)/t11-,12+/m1/s1. The lowest BCUT2D eigenvalue weighted by Crippen LogP contribution is -2.49. The van der Waals surface area contributed by atoms with Crippen molar-refractivity contribution in [1.82, 2.24) is 5.32 Å². The summed E-state index contributed by atoms with van der Waals surface area (Å²) in [5.74, 6) is -0.987. The summed E-state index contributed by atoms with van der Waals surface area (Å²) in [6.07, 6.45) is 3.62. The van der Waals surface area contributed by atoms with E-state index >= 15 is 0 Å². The molecule has 0 aromatic heterocycles. The van der Waals surface area contributed by atoms with Crippen LogP contribution in [0.15, 0.2) is 0 Å². The highest BCUT2D eigenvalue weighted by atomic mass is 16.6. The van der Waals surface area contributed by atoms with Gasteiger partial charge in [-0.25, -0.2) is 9.59 Å². The predicted octanol–water partition coefficient (Wildman–Crippen LogP) is 2.30. The molecule has 0 heterocycles. The number of hydrogen-bond donors (Lipinski definition) is 3. The Labute approximate surface area is 125 Å². The molecule has 6 heteroatoms. The van der Waals surface area contributed by atoms with Crippen LogP contribution in [0.2, 0.25) is 0 Å². The van der Waals surface area contributed by atoms with Crippen molar-refractivity contribution in [3.8, 4) is 0 Å². The number of carbonyl (C=O) groups is 2. The minimum absolute atomic E-state index is 0.340. The summed E-state index contributed by atoms with van der Waals surface area (Å²) in [6.45, 7) is 5.20. The molecule has 1 aliphatic carbocycles. The number of aliphatic hydroxyl groups excluding tert-OH is 1. The van der Waals surface area contributed by atoms with Crippen LogP contribution >= 0.6 is 0 Å². The smallest absolute Gasteiger partial charge is 0.407 e. The molecule has 0 spiro atoms. The first-order valence-corrected chi connectivity index (χ1v) is 7.59. The van der Waals surface area contributed by atoms with Crippen LogP contribution in [0.1, 0.15) is 59.3 Å². The summed E-state index contributed by atoms with van der Waals surface area (Å²) >= 11 is 0. The molecule has 0 aliphatic heterocycles. The molecule has 6 nitrogen and oxygen atoms in total. The van der Waals surface area contributed by atoms with Crippen LogP contribution in [-0.4, -0.2) is 40.0 Å². The second kappa shape index (κ2) is 7.64. The lowest BCUT2D eigenvalue weighted by Gasteiger charge is -2.29. The molecule has 1 amide bonds. The first-order valence-electron chi connectivity index (χ1n) is 7.59. The van der Waals surface area contributed by atoms with Crippen LogP contribution in [0.5, 0.6) is 0 Å². The van der Waals surface area contributed by atoms with E-state index in [0.29, 0.717) is 12.3 Å². The fourth-order valence-electron chi connectivity index (χ4n) is 2.68. The third-order valence-electron chi connectivity index (χ3n) is 3.65. The van der Waals surface area contributed by atoms with Gasteiger partial charge in [-0.2, -0.15) is 0 Å². The average molecular weight is 301 g/mol. The van der Waals surface area contributed by atoms with E-state index in [1.165, 1.54) is 6.42 Å². The first-order chi connectivity index (χ1) is 9.69. The van der Waals surface area contributed by atoms with Gasteiger partial charge in [-0.3, -0.25) is 0 Å². The zero-order chi connectivity index (χ0) is 16.0. The molecule has 0 aromatic carbocycles. The highest BCUT2D eigenvalue weighted by Crippen LogP contribution is 2.28. The molecule has 2 atom stereocenters. The zero-order valence-electron chi connectivity index (χ0n) is 13.1. The van der Waals surface area contributed by atoms with Crippen molar-refractivity contribution in [3.63, 3.8) is 0 Å². The molecule has 0 saturated heterocycles. The SMILES string of the molecule is CC(C)(C)OC(=O)N[C@H](CC1CCCCC1)[C@H](O)C(=O)O. The Balaban J connectivity index is 2.63. The lowest BCUT2D eigenvalue weighted by atomic mass is 9.83.